The summed E-state index contributed by atoms with van der Waals surface area (Å²) < 4.78 is 0. The molecular formula is C19H20N2O2. The molecule has 0 spiro atoms. The van der Waals surface area contributed by atoms with Crippen molar-refractivity contribution in [2.24, 2.45) is 0 Å². The standard InChI is InChI=1S/C19H20N2O2/c1-12-8-9-17(13(2)10-12)20-18(22)14(3)21-11-15-6-4-5-7-16(15)19(21)23/h4-10,14H,11H2,1-3H3,(H,20,22). The number of aryl methyl sites for hydroxylation is 2. The fraction of sp³-hybridized carbons (Fsp3) is 0.263. The number of anilines is 1. The highest BCUT2D eigenvalue weighted by atomic mass is 16.2. The second-order valence-corrected chi connectivity index (χ2v) is 6.07. The predicted octanol–water partition coefficient (Wildman–Crippen LogP) is 3.29. The molecular weight excluding hydrogens is 288 g/mol. The third-order valence-electron chi connectivity index (χ3n) is 4.34. The Hall–Kier alpha value is -2.62. The van der Waals surface area contributed by atoms with Crippen molar-refractivity contribution in [1.82, 2.24) is 4.90 Å². The van der Waals surface area contributed by atoms with E-state index in [1.54, 1.807) is 11.8 Å². The van der Waals surface area contributed by atoms with Gasteiger partial charge in [0.1, 0.15) is 6.04 Å². The number of carbonyl (C=O) groups excluding carboxylic acids is 2. The second-order valence-electron chi connectivity index (χ2n) is 6.07. The van der Waals surface area contributed by atoms with E-state index in [2.05, 4.69) is 5.32 Å². The molecule has 3 rings (SSSR count). The van der Waals surface area contributed by atoms with Gasteiger partial charge < -0.3 is 10.2 Å². The summed E-state index contributed by atoms with van der Waals surface area (Å²) in [6, 6.07) is 12.9. The zero-order valence-corrected chi connectivity index (χ0v) is 13.6. The largest absolute Gasteiger partial charge is 0.324 e. The zero-order chi connectivity index (χ0) is 16.6. The van der Waals surface area contributed by atoms with Gasteiger partial charge in [-0.1, -0.05) is 35.9 Å². The van der Waals surface area contributed by atoms with Crippen LogP contribution in [0, 0.1) is 13.8 Å². The predicted molar refractivity (Wildman–Crippen MR) is 90.3 cm³/mol. The van der Waals surface area contributed by atoms with Gasteiger partial charge in [0.2, 0.25) is 5.91 Å². The molecule has 1 unspecified atom stereocenters. The van der Waals surface area contributed by atoms with Crippen molar-refractivity contribution in [3.63, 3.8) is 0 Å². The third-order valence-corrected chi connectivity index (χ3v) is 4.34. The van der Waals surface area contributed by atoms with Crippen LogP contribution in [0.1, 0.15) is 34.0 Å². The van der Waals surface area contributed by atoms with Crippen LogP contribution in [-0.4, -0.2) is 22.8 Å². The number of carbonyl (C=O) groups is 2. The zero-order valence-electron chi connectivity index (χ0n) is 13.6. The average Bonchev–Trinajstić information content (AvgIpc) is 2.87. The molecule has 1 heterocycles. The first-order chi connectivity index (χ1) is 11.0. The number of nitrogens with one attached hydrogen (secondary N) is 1. The molecule has 118 valence electrons. The number of hydrogen-bond acceptors (Lipinski definition) is 2. The van der Waals surface area contributed by atoms with Crippen molar-refractivity contribution >= 4 is 17.5 Å². The molecule has 4 heteroatoms. The summed E-state index contributed by atoms with van der Waals surface area (Å²) in [5.74, 6) is -0.248. The van der Waals surface area contributed by atoms with E-state index in [0.717, 1.165) is 22.4 Å². The number of nitrogens with zero attached hydrogens (tertiary/aromatic N) is 1. The number of benzene rings is 2. The highest BCUT2D eigenvalue weighted by Gasteiger charge is 2.33. The Morgan fingerprint density at radius 3 is 2.61 bits per heavy atom. The van der Waals surface area contributed by atoms with Gasteiger partial charge >= 0.3 is 0 Å². The van der Waals surface area contributed by atoms with E-state index >= 15 is 0 Å². The molecule has 23 heavy (non-hydrogen) atoms. The Labute approximate surface area is 136 Å². The third kappa shape index (κ3) is 2.84. The minimum Gasteiger partial charge on any atom is -0.324 e. The van der Waals surface area contributed by atoms with Crippen molar-refractivity contribution in [2.75, 3.05) is 5.32 Å². The Bertz CT molecular complexity index is 783. The Balaban J connectivity index is 1.75. The fourth-order valence-electron chi connectivity index (χ4n) is 2.92. The minimum atomic E-state index is -0.518. The normalized spacial score (nSPS) is 14.6. The Morgan fingerprint density at radius 2 is 1.91 bits per heavy atom. The van der Waals surface area contributed by atoms with Gasteiger partial charge in [0, 0.05) is 17.8 Å². The number of hydrogen-bond donors (Lipinski definition) is 1. The van der Waals surface area contributed by atoms with Crippen LogP contribution in [0.15, 0.2) is 42.5 Å². The van der Waals surface area contributed by atoms with Crippen LogP contribution in [0.2, 0.25) is 0 Å². The highest BCUT2D eigenvalue weighted by Crippen LogP contribution is 2.25. The summed E-state index contributed by atoms with van der Waals surface area (Å²) >= 11 is 0. The van der Waals surface area contributed by atoms with Gasteiger partial charge in [-0.05, 0) is 44.0 Å². The molecule has 1 atom stereocenters. The van der Waals surface area contributed by atoms with E-state index in [-0.39, 0.29) is 11.8 Å². The van der Waals surface area contributed by atoms with Crippen molar-refractivity contribution in [1.29, 1.82) is 0 Å². The monoisotopic (exact) mass is 308 g/mol. The lowest BCUT2D eigenvalue weighted by molar-refractivity contribution is -0.120. The number of fused-ring (bicyclic) bond motifs is 1. The lowest BCUT2D eigenvalue weighted by atomic mass is 10.1. The van der Waals surface area contributed by atoms with Gasteiger partial charge in [-0.2, -0.15) is 0 Å². The Morgan fingerprint density at radius 1 is 1.17 bits per heavy atom. The molecule has 0 aromatic heterocycles. The summed E-state index contributed by atoms with van der Waals surface area (Å²) in [6.45, 7) is 6.23. The summed E-state index contributed by atoms with van der Waals surface area (Å²) in [7, 11) is 0. The van der Waals surface area contributed by atoms with E-state index in [9.17, 15) is 9.59 Å². The maximum atomic E-state index is 12.5. The van der Waals surface area contributed by atoms with Gasteiger partial charge in [0.15, 0.2) is 0 Å². The summed E-state index contributed by atoms with van der Waals surface area (Å²) in [5, 5.41) is 2.93. The van der Waals surface area contributed by atoms with E-state index in [1.165, 1.54) is 0 Å². The van der Waals surface area contributed by atoms with Crippen molar-refractivity contribution < 1.29 is 9.59 Å². The van der Waals surface area contributed by atoms with Crippen LogP contribution in [-0.2, 0) is 11.3 Å². The van der Waals surface area contributed by atoms with E-state index in [4.69, 9.17) is 0 Å². The van der Waals surface area contributed by atoms with Crippen molar-refractivity contribution in [3.05, 3.63) is 64.7 Å². The first kappa shape index (κ1) is 15.3. The molecule has 0 saturated heterocycles. The van der Waals surface area contributed by atoms with Crippen LogP contribution in [0.5, 0.6) is 0 Å². The quantitative estimate of drug-likeness (QED) is 0.946. The molecule has 1 aliphatic rings. The van der Waals surface area contributed by atoms with Gasteiger partial charge in [0.25, 0.3) is 5.91 Å². The molecule has 2 amide bonds. The molecule has 1 aliphatic heterocycles. The molecule has 2 aromatic rings. The highest BCUT2D eigenvalue weighted by molar-refractivity contribution is 6.03. The van der Waals surface area contributed by atoms with E-state index < -0.39 is 6.04 Å². The molecule has 2 aromatic carbocycles. The van der Waals surface area contributed by atoms with Gasteiger partial charge in [-0.3, -0.25) is 9.59 Å². The summed E-state index contributed by atoms with van der Waals surface area (Å²) in [5.41, 5.74) is 4.62. The first-order valence-corrected chi connectivity index (χ1v) is 7.74. The maximum Gasteiger partial charge on any atom is 0.255 e. The lowest BCUT2D eigenvalue weighted by Crippen LogP contribution is -2.42. The molecule has 4 nitrogen and oxygen atoms in total. The van der Waals surface area contributed by atoms with Gasteiger partial charge in [-0.15, -0.1) is 0 Å². The van der Waals surface area contributed by atoms with Crippen molar-refractivity contribution in [3.8, 4) is 0 Å². The molecule has 0 aliphatic carbocycles. The number of rotatable bonds is 3. The molecule has 0 radical (unpaired) electrons. The van der Waals surface area contributed by atoms with Crippen LogP contribution in [0.25, 0.3) is 0 Å². The summed E-state index contributed by atoms with van der Waals surface area (Å²) in [6.07, 6.45) is 0. The molecule has 0 bridgehead atoms. The minimum absolute atomic E-state index is 0.0797. The lowest BCUT2D eigenvalue weighted by Gasteiger charge is -2.23. The van der Waals surface area contributed by atoms with Gasteiger partial charge in [0.05, 0.1) is 0 Å². The van der Waals surface area contributed by atoms with Crippen LogP contribution in [0.4, 0.5) is 5.69 Å². The van der Waals surface area contributed by atoms with Gasteiger partial charge in [-0.25, -0.2) is 0 Å². The molecule has 0 fully saturated rings. The molecule has 0 saturated carbocycles. The molecule has 1 N–H and O–H groups in total. The topological polar surface area (TPSA) is 49.4 Å². The fourth-order valence-corrected chi connectivity index (χ4v) is 2.92. The SMILES string of the molecule is Cc1ccc(NC(=O)C(C)N2Cc3ccccc3C2=O)c(C)c1. The first-order valence-electron chi connectivity index (χ1n) is 7.74. The van der Waals surface area contributed by atoms with Crippen LogP contribution >= 0.6 is 0 Å². The summed E-state index contributed by atoms with van der Waals surface area (Å²) in [4.78, 5) is 26.6. The Kier molecular flexibility index (Phi) is 3.90. The average molecular weight is 308 g/mol. The van der Waals surface area contributed by atoms with Crippen LogP contribution < -0.4 is 5.32 Å². The van der Waals surface area contributed by atoms with E-state index in [1.807, 2.05) is 56.3 Å². The van der Waals surface area contributed by atoms with Crippen LogP contribution in [0.3, 0.4) is 0 Å². The number of amides is 2. The smallest absolute Gasteiger partial charge is 0.255 e. The second kappa shape index (κ2) is 5.88. The maximum absolute atomic E-state index is 12.5. The van der Waals surface area contributed by atoms with Crippen molar-refractivity contribution in [2.45, 2.75) is 33.4 Å². The van der Waals surface area contributed by atoms with E-state index in [0.29, 0.717) is 12.1 Å².